The van der Waals surface area contributed by atoms with Gasteiger partial charge in [0.25, 0.3) is 5.91 Å². The number of anilines is 1. The van der Waals surface area contributed by atoms with Crippen LogP contribution in [0.3, 0.4) is 0 Å². The molecule has 1 saturated heterocycles. The van der Waals surface area contributed by atoms with Gasteiger partial charge < -0.3 is 37.8 Å². The highest BCUT2D eigenvalue weighted by Crippen LogP contribution is 2.27. The molecule has 136 valence electrons. The second-order valence-electron chi connectivity index (χ2n) is 6.35. The predicted molar refractivity (Wildman–Crippen MR) is 97.0 cm³/mol. The molecule has 3 aliphatic rings. The number of nitrogens with two attached hydrogens (primary N) is 2. The fourth-order valence-electron chi connectivity index (χ4n) is 2.97. The topological polar surface area (TPSA) is 162 Å². The summed E-state index contributed by atoms with van der Waals surface area (Å²) in [4.78, 5) is 20.1. The number of carbonyl (C=O) groups excluding carboxylic acids is 1. The molecule has 2 unspecified atom stereocenters. The molecule has 9 N–H and O–H groups in total. The number of β-amino-alcohol motifs (C(OH)–C–C–N with tert-alkyl or cyclic N) is 1. The Morgan fingerprint density at radius 3 is 2.73 bits per heavy atom. The van der Waals surface area contributed by atoms with Crippen molar-refractivity contribution < 1.29 is 9.90 Å². The molecule has 0 bridgehead atoms. The Morgan fingerprint density at radius 2 is 2.08 bits per heavy atom. The lowest BCUT2D eigenvalue weighted by Gasteiger charge is -2.36. The van der Waals surface area contributed by atoms with E-state index in [4.69, 9.17) is 11.5 Å². The largest absolute Gasteiger partial charge is 0.380 e. The highest BCUT2D eigenvalue weighted by atomic mass is 16.3. The molecule has 10 heteroatoms. The third-order valence-electron chi connectivity index (χ3n) is 4.55. The van der Waals surface area contributed by atoms with E-state index < -0.39 is 11.8 Å². The second-order valence-corrected chi connectivity index (χ2v) is 6.35. The summed E-state index contributed by atoms with van der Waals surface area (Å²) in [5.74, 6) is 0.582. The molecule has 4 rings (SSSR count). The molecule has 1 amide bonds. The van der Waals surface area contributed by atoms with Crippen LogP contribution in [-0.2, 0) is 10.4 Å². The standard InChI is InChI=1S/C16H20N8O2/c17-12-11-13(24-15(18)23-12)20-6-10(22-11)5-19-9-3-1-8(2-4-9)16(26)7-21-14(16)25/h1-4,12,19-20,26H,5-7,17H2,(H,21,25)(H3,18,23,24). The molecule has 3 heterocycles. The maximum absolute atomic E-state index is 11.5. The van der Waals surface area contributed by atoms with Crippen LogP contribution in [0.15, 0.2) is 45.8 Å². The SMILES string of the molecule is NC1=NC(N)C2=C(NCC(CNc3ccc(C4(O)CNC4=O)cc3)=N2)N1. The molecule has 1 aromatic rings. The van der Waals surface area contributed by atoms with E-state index in [-0.39, 0.29) is 18.4 Å². The Hall–Kier alpha value is -3.11. The van der Waals surface area contributed by atoms with Gasteiger partial charge in [0.05, 0.1) is 25.3 Å². The van der Waals surface area contributed by atoms with Gasteiger partial charge in [0.15, 0.2) is 11.6 Å². The smallest absolute Gasteiger partial charge is 0.258 e. The van der Waals surface area contributed by atoms with Crippen LogP contribution in [0, 0.1) is 0 Å². The van der Waals surface area contributed by atoms with Crippen molar-refractivity contribution in [1.29, 1.82) is 0 Å². The summed E-state index contributed by atoms with van der Waals surface area (Å²) in [6, 6.07) is 7.11. The summed E-state index contributed by atoms with van der Waals surface area (Å²) < 4.78 is 0. The Morgan fingerprint density at radius 1 is 1.31 bits per heavy atom. The lowest BCUT2D eigenvalue weighted by Crippen LogP contribution is -2.62. The molecular formula is C16H20N8O2. The summed E-state index contributed by atoms with van der Waals surface area (Å²) >= 11 is 0. The molecule has 1 fully saturated rings. The minimum Gasteiger partial charge on any atom is -0.380 e. The Balaban J connectivity index is 1.40. The zero-order valence-corrected chi connectivity index (χ0v) is 13.9. The second kappa shape index (κ2) is 6.00. The summed E-state index contributed by atoms with van der Waals surface area (Å²) in [6.45, 7) is 1.30. The number of hydrogen-bond acceptors (Lipinski definition) is 9. The van der Waals surface area contributed by atoms with E-state index in [1.165, 1.54) is 0 Å². The first kappa shape index (κ1) is 16.4. The zero-order valence-electron chi connectivity index (χ0n) is 13.9. The van der Waals surface area contributed by atoms with Crippen LogP contribution in [0.2, 0.25) is 0 Å². The number of guanidine groups is 1. The molecule has 0 saturated carbocycles. The van der Waals surface area contributed by atoms with Crippen LogP contribution >= 0.6 is 0 Å². The van der Waals surface area contributed by atoms with E-state index in [0.717, 1.165) is 11.4 Å². The lowest BCUT2D eigenvalue weighted by molar-refractivity contribution is -0.153. The third kappa shape index (κ3) is 2.74. The maximum atomic E-state index is 11.5. The predicted octanol–water partition coefficient (Wildman–Crippen LogP) is -2.17. The first-order valence-electron chi connectivity index (χ1n) is 8.21. The van der Waals surface area contributed by atoms with Crippen molar-refractivity contribution in [3.63, 3.8) is 0 Å². The Bertz CT molecular complexity index is 844. The van der Waals surface area contributed by atoms with Crippen molar-refractivity contribution in [1.82, 2.24) is 16.0 Å². The van der Waals surface area contributed by atoms with Crippen LogP contribution in [-0.4, -0.2) is 48.5 Å². The van der Waals surface area contributed by atoms with Gasteiger partial charge in [0.2, 0.25) is 0 Å². The van der Waals surface area contributed by atoms with E-state index in [0.29, 0.717) is 30.2 Å². The Labute approximate surface area is 149 Å². The van der Waals surface area contributed by atoms with Gasteiger partial charge in [-0.1, -0.05) is 12.1 Å². The Kier molecular flexibility index (Phi) is 3.78. The summed E-state index contributed by atoms with van der Waals surface area (Å²) in [5.41, 5.74) is 13.1. The van der Waals surface area contributed by atoms with Crippen LogP contribution in [0.25, 0.3) is 0 Å². The number of aliphatic imine (C=N–C) groups is 2. The monoisotopic (exact) mass is 356 g/mol. The number of rotatable bonds is 4. The van der Waals surface area contributed by atoms with E-state index in [1.807, 2.05) is 12.1 Å². The molecule has 0 spiro atoms. The maximum Gasteiger partial charge on any atom is 0.258 e. The summed E-state index contributed by atoms with van der Waals surface area (Å²) in [5, 5.41) is 22.1. The van der Waals surface area contributed by atoms with Crippen molar-refractivity contribution in [2.24, 2.45) is 21.5 Å². The van der Waals surface area contributed by atoms with E-state index >= 15 is 0 Å². The average Bonchev–Trinajstić information content (AvgIpc) is 2.65. The molecule has 0 aromatic heterocycles. The van der Waals surface area contributed by atoms with Crippen molar-refractivity contribution in [2.75, 3.05) is 25.0 Å². The van der Waals surface area contributed by atoms with Gasteiger partial charge in [-0.25, -0.2) is 4.99 Å². The van der Waals surface area contributed by atoms with Crippen molar-refractivity contribution in [3.05, 3.63) is 41.3 Å². The molecule has 10 nitrogen and oxygen atoms in total. The number of nitrogens with zero attached hydrogens (tertiary/aromatic N) is 2. The first-order valence-corrected chi connectivity index (χ1v) is 8.21. The number of aliphatic hydroxyl groups is 1. The van der Waals surface area contributed by atoms with Crippen molar-refractivity contribution in [3.8, 4) is 0 Å². The fourth-order valence-corrected chi connectivity index (χ4v) is 2.97. The first-order chi connectivity index (χ1) is 12.5. The molecule has 3 aliphatic heterocycles. The number of β-lactam (4-membered cyclic amide) rings is 1. The van der Waals surface area contributed by atoms with Crippen LogP contribution in [0.1, 0.15) is 5.56 Å². The number of hydrogen-bond donors (Lipinski definition) is 7. The number of amides is 1. The quantitative estimate of drug-likeness (QED) is 0.302. The highest BCUT2D eigenvalue weighted by molar-refractivity contribution is 5.93. The fraction of sp³-hybridized carbons (Fsp3) is 0.312. The molecular weight excluding hydrogens is 336 g/mol. The minimum atomic E-state index is -1.41. The van der Waals surface area contributed by atoms with Gasteiger partial charge in [0.1, 0.15) is 17.7 Å². The zero-order chi connectivity index (χ0) is 18.3. The minimum absolute atomic E-state index is 0.236. The van der Waals surface area contributed by atoms with Crippen molar-refractivity contribution >= 4 is 23.3 Å². The number of nitrogens with one attached hydrogen (secondary N) is 4. The number of carbonyl (C=O) groups is 1. The molecule has 0 radical (unpaired) electrons. The van der Waals surface area contributed by atoms with Gasteiger partial charge in [-0.15, -0.1) is 0 Å². The molecule has 2 atom stereocenters. The van der Waals surface area contributed by atoms with Gasteiger partial charge in [0, 0.05) is 5.69 Å². The lowest BCUT2D eigenvalue weighted by atomic mass is 9.87. The summed E-state index contributed by atoms with van der Waals surface area (Å²) in [7, 11) is 0. The summed E-state index contributed by atoms with van der Waals surface area (Å²) in [6.07, 6.45) is -0.595. The van der Waals surface area contributed by atoms with Crippen LogP contribution < -0.4 is 32.7 Å². The van der Waals surface area contributed by atoms with Gasteiger partial charge >= 0.3 is 0 Å². The third-order valence-corrected chi connectivity index (χ3v) is 4.55. The van der Waals surface area contributed by atoms with Gasteiger partial charge in [-0.05, 0) is 17.7 Å². The van der Waals surface area contributed by atoms with Crippen LogP contribution in [0.5, 0.6) is 0 Å². The molecule has 26 heavy (non-hydrogen) atoms. The van der Waals surface area contributed by atoms with E-state index in [2.05, 4.69) is 31.3 Å². The van der Waals surface area contributed by atoms with Crippen LogP contribution in [0.4, 0.5) is 5.69 Å². The molecule has 0 aliphatic carbocycles. The van der Waals surface area contributed by atoms with Gasteiger partial charge in [-0.3, -0.25) is 9.79 Å². The average molecular weight is 356 g/mol. The highest BCUT2D eigenvalue weighted by Gasteiger charge is 2.45. The van der Waals surface area contributed by atoms with E-state index in [9.17, 15) is 9.90 Å². The van der Waals surface area contributed by atoms with Gasteiger partial charge in [-0.2, -0.15) is 0 Å². The number of benzene rings is 1. The molecule has 1 aromatic carbocycles. The van der Waals surface area contributed by atoms with Crippen molar-refractivity contribution in [2.45, 2.75) is 11.8 Å². The normalized spacial score (nSPS) is 27.2. The van der Waals surface area contributed by atoms with E-state index in [1.54, 1.807) is 12.1 Å².